The van der Waals surface area contributed by atoms with Crippen LogP contribution < -0.4 is 10.1 Å². The van der Waals surface area contributed by atoms with Crippen LogP contribution in [0.15, 0.2) is 22.7 Å². The number of ether oxygens (including phenoxy) is 1. The van der Waals surface area contributed by atoms with Gasteiger partial charge in [-0.05, 0) is 38.2 Å². The van der Waals surface area contributed by atoms with Crippen LogP contribution >= 0.6 is 15.9 Å². The van der Waals surface area contributed by atoms with Crippen LogP contribution in [0.1, 0.15) is 31.9 Å². The SMILES string of the molecule is CC(C)C(CN(C)C)NC1CCOc2ccc(Br)cc21. The Morgan fingerprint density at radius 3 is 2.80 bits per heavy atom. The van der Waals surface area contributed by atoms with Crippen LogP contribution in [-0.2, 0) is 0 Å². The fourth-order valence-corrected chi connectivity index (χ4v) is 3.02. The number of rotatable bonds is 5. The number of nitrogens with one attached hydrogen (secondary N) is 1. The first kappa shape index (κ1) is 15.8. The normalized spacial score (nSPS) is 19.9. The van der Waals surface area contributed by atoms with E-state index in [-0.39, 0.29) is 0 Å². The van der Waals surface area contributed by atoms with Gasteiger partial charge in [0.1, 0.15) is 5.75 Å². The van der Waals surface area contributed by atoms with Crippen molar-refractivity contribution in [3.63, 3.8) is 0 Å². The fourth-order valence-electron chi connectivity index (χ4n) is 2.65. The predicted molar refractivity (Wildman–Crippen MR) is 87.3 cm³/mol. The molecule has 2 rings (SSSR count). The zero-order valence-corrected chi connectivity index (χ0v) is 14.4. The molecule has 0 saturated heterocycles. The molecule has 2 unspecified atom stereocenters. The molecule has 0 spiro atoms. The number of hydrogen-bond donors (Lipinski definition) is 1. The Balaban J connectivity index is 2.15. The number of fused-ring (bicyclic) bond motifs is 1. The van der Waals surface area contributed by atoms with Crippen LogP contribution in [0.5, 0.6) is 5.75 Å². The molecule has 0 aromatic heterocycles. The highest BCUT2D eigenvalue weighted by Crippen LogP contribution is 2.34. The number of likely N-dealkylation sites (N-methyl/N-ethyl adjacent to an activating group) is 1. The molecule has 3 nitrogen and oxygen atoms in total. The molecule has 1 aliphatic heterocycles. The highest BCUT2D eigenvalue weighted by Gasteiger charge is 2.25. The largest absolute Gasteiger partial charge is 0.493 e. The van der Waals surface area contributed by atoms with Gasteiger partial charge in [0.25, 0.3) is 0 Å². The van der Waals surface area contributed by atoms with Crippen molar-refractivity contribution in [2.45, 2.75) is 32.4 Å². The monoisotopic (exact) mass is 340 g/mol. The zero-order chi connectivity index (χ0) is 14.7. The van der Waals surface area contributed by atoms with Gasteiger partial charge in [-0.15, -0.1) is 0 Å². The topological polar surface area (TPSA) is 24.5 Å². The van der Waals surface area contributed by atoms with E-state index >= 15 is 0 Å². The second-order valence-electron chi connectivity index (χ2n) is 6.15. The maximum absolute atomic E-state index is 5.76. The van der Waals surface area contributed by atoms with Crippen LogP contribution in [0.2, 0.25) is 0 Å². The lowest BCUT2D eigenvalue weighted by Gasteiger charge is -2.33. The summed E-state index contributed by atoms with van der Waals surface area (Å²) in [5.41, 5.74) is 1.27. The summed E-state index contributed by atoms with van der Waals surface area (Å²) in [7, 11) is 4.26. The van der Waals surface area contributed by atoms with Crippen LogP contribution in [-0.4, -0.2) is 38.2 Å². The first-order valence-electron chi connectivity index (χ1n) is 7.30. The quantitative estimate of drug-likeness (QED) is 0.888. The van der Waals surface area contributed by atoms with Crippen LogP contribution in [0.4, 0.5) is 0 Å². The van der Waals surface area contributed by atoms with Gasteiger partial charge in [0, 0.05) is 35.1 Å². The Morgan fingerprint density at radius 2 is 2.15 bits per heavy atom. The molecule has 1 aliphatic rings. The average molecular weight is 341 g/mol. The first-order chi connectivity index (χ1) is 9.47. The highest BCUT2D eigenvalue weighted by molar-refractivity contribution is 9.10. The van der Waals surface area contributed by atoms with E-state index < -0.39 is 0 Å². The van der Waals surface area contributed by atoms with Crippen molar-refractivity contribution >= 4 is 15.9 Å². The van der Waals surface area contributed by atoms with Gasteiger partial charge in [0.2, 0.25) is 0 Å². The van der Waals surface area contributed by atoms with Gasteiger partial charge in [-0.1, -0.05) is 29.8 Å². The van der Waals surface area contributed by atoms with E-state index in [1.807, 2.05) is 6.07 Å². The van der Waals surface area contributed by atoms with Crippen molar-refractivity contribution in [2.24, 2.45) is 5.92 Å². The number of halogens is 1. The molecule has 1 aromatic carbocycles. The second-order valence-corrected chi connectivity index (χ2v) is 7.07. The number of nitrogens with zero attached hydrogens (tertiary/aromatic N) is 1. The third-order valence-electron chi connectivity index (χ3n) is 3.79. The summed E-state index contributed by atoms with van der Waals surface area (Å²) in [6.07, 6.45) is 1.03. The minimum absolute atomic E-state index is 0.378. The maximum atomic E-state index is 5.76. The van der Waals surface area contributed by atoms with Crippen molar-refractivity contribution in [3.8, 4) is 5.75 Å². The molecule has 20 heavy (non-hydrogen) atoms. The van der Waals surface area contributed by atoms with Crippen LogP contribution in [0.3, 0.4) is 0 Å². The van der Waals surface area contributed by atoms with E-state index in [0.717, 1.165) is 29.8 Å². The van der Waals surface area contributed by atoms with E-state index in [9.17, 15) is 0 Å². The van der Waals surface area contributed by atoms with E-state index in [2.05, 4.69) is 66.2 Å². The molecule has 0 radical (unpaired) electrons. The summed E-state index contributed by atoms with van der Waals surface area (Å²) in [5.74, 6) is 1.63. The van der Waals surface area contributed by atoms with Crippen molar-refractivity contribution in [1.82, 2.24) is 10.2 Å². The smallest absolute Gasteiger partial charge is 0.124 e. The molecule has 0 bridgehead atoms. The minimum Gasteiger partial charge on any atom is -0.493 e. The standard InChI is InChI=1S/C16H25BrN2O/c1-11(2)15(10-19(3)4)18-14-7-8-20-16-6-5-12(17)9-13(14)16/h5-6,9,11,14-15,18H,7-8,10H2,1-4H3. The molecule has 1 heterocycles. The van der Waals surface area contributed by atoms with Gasteiger partial charge in [0.05, 0.1) is 6.61 Å². The molecule has 1 N–H and O–H groups in total. The zero-order valence-electron chi connectivity index (χ0n) is 12.8. The van der Waals surface area contributed by atoms with Crippen LogP contribution in [0.25, 0.3) is 0 Å². The summed E-state index contributed by atoms with van der Waals surface area (Å²) in [4.78, 5) is 2.25. The molecule has 0 aliphatic carbocycles. The predicted octanol–water partition coefficient (Wildman–Crippen LogP) is 3.45. The van der Waals surface area contributed by atoms with Crippen LogP contribution in [0, 0.1) is 5.92 Å². The van der Waals surface area contributed by atoms with E-state index in [0.29, 0.717) is 18.0 Å². The molecule has 112 valence electrons. The third kappa shape index (κ3) is 3.96. The lowest BCUT2D eigenvalue weighted by Crippen LogP contribution is -2.44. The van der Waals surface area contributed by atoms with Crippen molar-refractivity contribution in [1.29, 1.82) is 0 Å². The second kappa shape index (κ2) is 6.92. The molecule has 4 heteroatoms. The van der Waals surface area contributed by atoms with Crippen molar-refractivity contribution < 1.29 is 4.74 Å². The average Bonchev–Trinajstić information content (AvgIpc) is 2.38. The summed E-state index contributed by atoms with van der Waals surface area (Å²) >= 11 is 3.56. The number of hydrogen-bond acceptors (Lipinski definition) is 3. The lowest BCUT2D eigenvalue weighted by atomic mass is 9.96. The minimum atomic E-state index is 0.378. The van der Waals surface area contributed by atoms with E-state index in [1.165, 1.54) is 5.56 Å². The first-order valence-corrected chi connectivity index (χ1v) is 8.09. The number of benzene rings is 1. The van der Waals surface area contributed by atoms with Gasteiger partial charge in [0.15, 0.2) is 0 Å². The molecule has 0 amide bonds. The third-order valence-corrected chi connectivity index (χ3v) is 4.29. The molecular formula is C16H25BrN2O. The highest BCUT2D eigenvalue weighted by atomic mass is 79.9. The summed E-state index contributed by atoms with van der Waals surface area (Å²) < 4.78 is 6.87. The molecular weight excluding hydrogens is 316 g/mol. The molecule has 2 atom stereocenters. The Morgan fingerprint density at radius 1 is 1.40 bits per heavy atom. The van der Waals surface area contributed by atoms with E-state index in [4.69, 9.17) is 4.74 Å². The maximum Gasteiger partial charge on any atom is 0.124 e. The molecule has 1 aromatic rings. The Kier molecular flexibility index (Phi) is 5.47. The summed E-state index contributed by atoms with van der Waals surface area (Å²) in [5, 5.41) is 3.83. The molecule has 0 saturated carbocycles. The van der Waals surface area contributed by atoms with Gasteiger partial charge in [-0.25, -0.2) is 0 Å². The Labute approximate surface area is 130 Å². The molecule has 0 fully saturated rings. The van der Waals surface area contributed by atoms with Crippen molar-refractivity contribution in [2.75, 3.05) is 27.2 Å². The summed E-state index contributed by atoms with van der Waals surface area (Å²) in [6, 6.07) is 7.15. The van der Waals surface area contributed by atoms with Gasteiger partial charge in [-0.2, -0.15) is 0 Å². The van der Waals surface area contributed by atoms with Gasteiger partial charge in [-0.3, -0.25) is 0 Å². The van der Waals surface area contributed by atoms with Gasteiger partial charge >= 0.3 is 0 Å². The van der Waals surface area contributed by atoms with Gasteiger partial charge < -0.3 is 15.0 Å². The van der Waals surface area contributed by atoms with Crippen molar-refractivity contribution in [3.05, 3.63) is 28.2 Å². The summed E-state index contributed by atoms with van der Waals surface area (Å²) in [6.45, 7) is 6.40. The van der Waals surface area contributed by atoms with E-state index in [1.54, 1.807) is 0 Å². The Bertz CT molecular complexity index is 448. The Hall–Kier alpha value is -0.580. The lowest BCUT2D eigenvalue weighted by molar-refractivity contribution is 0.215. The fraction of sp³-hybridized carbons (Fsp3) is 0.625.